The standard InChI is InChI=1S/C21H21NO3/c1-15-3-5-16(6-4-15)13-22-21(23)14-25-20-10-8-17-7-9-19(24-2)11-18(17)12-20/h3-12H,13-14H2,1-2H3,(H,22,23). The highest BCUT2D eigenvalue weighted by Gasteiger charge is 2.04. The molecular weight excluding hydrogens is 314 g/mol. The van der Waals surface area contributed by atoms with Crippen molar-refractivity contribution in [2.45, 2.75) is 13.5 Å². The highest BCUT2D eigenvalue weighted by atomic mass is 16.5. The lowest BCUT2D eigenvalue weighted by Crippen LogP contribution is -2.28. The molecule has 3 rings (SSSR count). The summed E-state index contributed by atoms with van der Waals surface area (Å²) in [6.07, 6.45) is 0. The van der Waals surface area contributed by atoms with Crippen LogP contribution in [-0.4, -0.2) is 19.6 Å². The van der Waals surface area contributed by atoms with E-state index in [1.165, 1.54) is 5.56 Å². The zero-order chi connectivity index (χ0) is 17.6. The summed E-state index contributed by atoms with van der Waals surface area (Å²) in [6, 6.07) is 19.7. The number of aryl methyl sites for hydroxylation is 1. The van der Waals surface area contributed by atoms with Gasteiger partial charge in [-0.25, -0.2) is 0 Å². The summed E-state index contributed by atoms with van der Waals surface area (Å²) in [5.74, 6) is 1.30. The number of hydrogen-bond acceptors (Lipinski definition) is 3. The Morgan fingerprint density at radius 2 is 1.60 bits per heavy atom. The summed E-state index contributed by atoms with van der Waals surface area (Å²) >= 11 is 0. The SMILES string of the molecule is COc1ccc2ccc(OCC(=O)NCc3ccc(C)cc3)cc2c1. The minimum atomic E-state index is -0.147. The molecule has 128 valence electrons. The van der Waals surface area contributed by atoms with Gasteiger partial charge in [0.1, 0.15) is 11.5 Å². The molecule has 1 amide bonds. The predicted octanol–water partition coefficient (Wildman–Crippen LogP) is 3.85. The number of carbonyl (C=O) groups excluding carboxylic acids is 1. The third-order valence-electron chi connectivity index (χ3n) is 4.00. The molecule has 4 nitrogen and oxygen atoms in total. The van der Waals surface area contributed by atoms with E-state index in [0.717, 1.165) is 22.1 Å². The van der Waals surface area contributed by atoms with E-state index in [0.29, 0.717) is 12.3 Å². The molecule has 0 heterocycles. The molecule has 25 heavy (non-hydrogen) atoms. The highest BCUT2D eigenvalue weighted by molar-refractivity contribution is 5.85. The van der Waals surface area contributed by atoms with Gasteiger partial charge >= 0.3 is 0 Å². The van der Waals surface area contributed by atoms with Crippen molar-refractivity contribution in [3.8, 4) is 11.5 Å². The summed E-state index contributed by atoms with van der Waals surface area (Å²) in [6.45, 7) is 2.52. The molecule has 0 fully saturated rings. The van der Waals surface area contributed by atoms with Gasteiger partial charge < -0.3 is 14.8 Å². The van der Waals surface area contributed by atoms with Gasteiger partial charge in [0, 0.05) is 6.54 Å². The molecule has 0 saturated heterocycles. The van der Waals surface area contributed by atoms with Crippen molar-refractivity contribution in [3.63, 3.8) is 0 Å². The first-order valence-corrected chi connectivity index (χ1v) is 8.17. The van der Waals surface area contributed by atoms with Crippen molar-refractivity contribution in [2.24, 2.45) is 0 Å². The normalized spacial score (nSPS) is 10.5. The van der Waals surface area contributed by atoms with Crippen LogP contribution in [0.25, 0.3) is 10.8 Å². The summed E-state index contributed by atoms with van der Waals surface area (Å²) in [5, 5.41) is 4.97. The molecule has 0 atom stereocenters. The van der Waals surface area contributed by atoms with E-state index >= 15 is 0 Å². The molecule has 4 heteroatoms. The zero-order valence-corrected chi connectivity index (χ0v) is 14.4. The van der Waals surface area contributed by atoms with Crippen molar-refractivity contribution in [1.29, 1.82) is 0 Å². The minimum Gasteiger partial charge on any atom is -0.497 e. The Kier molecular flexibility index (Phi) is 5.19. The topological polar surface area (TPSA) is 47.6 Å². The van der Waals surface area contributed by atoms with Crippen LogP contribution in [0, 0.1) is 6.92 Å². The summed E-state index contributed by atoms with van der Waals surface area (Å²) in [4.78, 5) is 12.0. The first-order valence-electron chi connectivity index (χ1n) is 8.17. The van der Waals surface area contributed by atoms with E-state index in [1.807, 2.05) is 67.6 Å². The molecule has 0 aliphatic carbocycles. The van der Waals surface area contributed by atoms with Crippen LogP contribution in [0.2, 0.25) is 0 Å². The largest absolute Gasteiger partial charge is 0.497 e. The summed E-state index contributed by atoms with van der Waals surface area (Å²) in [5.41, 5.74) is 2.27. The van der Waals surface area contributed by atoms with Crippen molar-refractivity contribution in [3.05, 3.63) is 71.8 Å². The van der Waals surface area contributed by atoms with Gasteiger partial charge in [0.05, 0.1) is 7.11 Å². The van der Waals surface area contributed by atoms with Crippen LogP contribution in [0.3, 0.4) is 0 Å². The average molecular weight is 335 g/mol. The van der Waals surface area contributed by atoms with Crippen LogP contribution in [0.4, 0.5) is 0 Å². The fourth-order valence-electron chi connectivity index (χ4n) is 2.53. The Hall–Kier alpha value is -3.01. The smallest absolute Gasteiger partial charge is 0.258 e. The van der Waals surface area contributed by atoms with Gasteiger partial charge in [-0.1, -0.05) is 42.0 Å². The van der Waals surface area contributed by atoms with Crippen molar-refractivity contribution in [2.75, 3.05) is 13.7 Å². The molecular formula is C21H21NO3. The van der Waals surface area contributed by atoms with E-state index in [-0.39, 0.29) is 12.5 Å². The molecule has 0 radical (unpaired) electrons. The molecule has 0 aliphatic heterocycles. The molecule has 1 N–H and O–H groups in total. The van der Waals surface area contributed by atoms with Gasteiger partial charge in [-0.05, 0) is 47.5 Å². The average Bonchev–Trinajstić information content (AvgIpc) is 2.65. The van der Waals surface area contributed by atoms with Crippen LogP contribution < -0.4 is 14.8 Å². The molecule has 3 aromatic rings. The Bertz CT molecular complexity index is 872. The van der Waals surface area contributed by atoms with E-state index < -0.39 is 0 Å². The van der Waals surface area contributed by atoms with Gasteiger partial charge in [-0.2, -0.15) is 0 Å². The molecule has 0 aromatic heterocycles. The Balaban J connectivity index is 1.56. The lowest BCUT2D eigenvalue weighted by atomic mass is 10.1. The quantitative estimate of drug-likeness (QED) is 0.744. The van der Waals surface area contributed by atoms with Crippen molar-refractivity contribution < 1.29 is 14.3 Å². The Morgan fingerprint density at radius 1 is 0.920 bits per heavy atom. The van der Waals surface area contributed by atoms with Crippen LogP contribution in [0.5, 0.6) is 11.5 Å². The summed E-state index contributed by atoms with van der Waals surface area (Å²) < 4.78 is 10.8. The Labute approximate surface area is 147 Å². The lowest BCUT2D eigenvalue weighted by Gasteiger charge is -2.09. The van der Waals surface area contributed by atoms with Gasteiger partial charge in [-0.15, -0.1) is 0 Å². The van der Waals surface area contributed by atoms with E-state index in [9.17, 15) is 4.79 Å². The highest BCUT2D eigenvalue weighted by Crippen LogP contribution is 2.24. The van der Waals surface area contributed by atoms with Crippen molar-refractivity contribution in [1.82, 2.24) is 5.32 Å². The summed E-state index contributed by atoms with van der Waals surface area (Å²) in [7, 11) is 1.64. The number of benzene rings is 3. The maximum Gasteiger partial charge on any atom is 0.258 e. The van der Waals surface area contributed by atoms with Gasteiger partial charge in [0.15, 0.2) is 6.61 Å². The van der Waals surface area contributed by atoms with Crippen LogP contribution in [0.15, 0.2) is 60.7 Å². The van der Waals surface area contributed by atoms with Crippen LogP contribution >= 0.6 is 0 Å². The Morgan fingerprint density at radius 3 is 2.32 bits per heavy atom. The lowest BCUT2D eigenvalue weighted by molar-refractivity contribution is -0.123. The third kappa shape index (κ3) is 4.51. The molecule has 3 aromatic carbocycles. The number of ether oxygens (including phenoxy) is 2. The van der Waals surface area contributed by atoms with Gasteiger partial charge in [-0.3, -0.25) is 4.79 Å². The maximum absolute atomic E-state index is 12.0. The third-order valence-corrected chi connectivity index (χ3v) is 4.00. The zero-order valence-electron chi connectivity index (χ0n) is 14.4. The first-order chi connectivity index (χ1) is 12.1. The number of fused-ring (bicyclic) bond motifs is 1. The molecule has 0 spiro atoms. The van der Waals surface area contributed by atoms with Gasteiger partial charge in [0.25, 0.3) is 5.91 Å². The van der Waals surface area contributed by atoms with Gasteiger partial charge in [0.2, 0.25) is 0 Å². The van der Waals surface area contributed by atoms with E-state index in [4.69, 9.17) is 9.47 Å². The maximum atomic E-state index is 12.0. The fraction of sp³-hybridized carbons (Fsp3) is 0.190. The molecule has 0 saturated carbocycles. The minimum absolute atomic E-state index is 0.0126. The number of hydrogen-bond donors (Lipinski definition) is 1. The molecule has 0 bridgehead atoms. The van der Waals surface area contributed by atoms with E-state index in [1.54, 1.807) is 7.11 Å². The van der Waals surface area contributed by atoms with Crippen LogP contribution in [-0.2, 0) is 11.3 Å². The predicted molar refractivity (Wildman–Crippen MR) is 99.0 cm³/mol. The van der Waals surface area contributed by atoms with Crippen LogP contribution in [0.1, 0.15) is 11.1 Å². The second kappa shape index (κ2) is 7.71. The number of carbonyl (C=O) groups is 1. The number of rotatable bonds is 6. The molecule has 0 unspecified atom stereocenters. The second-order valence-electron chi connectivity index (χ2n) is 5.93. The molecule has 0 aliphatic rings. The van der Waals surface area contributed by atoms with E-state index in [2.05, 4.69) is 5.32 Å². The fourth-order valence-corrected chi connectivity index (χ4v) is 2.53. The monoisotopic (exact) mass is 335 g/mol. The second-order valence-corrected chi connectivity index (χ2v) is 5.93. The number of amides is 1. The number of nitrogens with one attached hydrogen (secondary N) is 1. The van der Waals surface area contributed by atoms with Crippen molar-refractivity contribution >= 4 is 16.7 Å². The number of methoxy groups -OCH3 is 1. The first kappa shape index (κ1) is 16.8.